The van der Waals surface area contributed by atoms with Crippen LogP contribution in [0, 0.1) is 11.3 Å². The van der Waals surface area contributed by atoms with Crippen LogP contribution in [0.5, 0.6) is 0 Å². The van der Waals surface area contributed by atoms with Gasteiger partial charge in [0.15, 0.2) is 0 Å². The Morgan fingerprint density at radius 3 is 2.59 bits per heavy atom. The van der Waals surface area contributed by atoms with E-state index < -0.39 is 14.8 Å². The number of hydrogen-bond acceptors (Lipinski definition) is 4. The number of amides is 1. The minimum Gasteiger partial charge on any atom is -0.499 e. The molecule has 2 fully saturated rings. The molecule has 3 aliphatic rings. The van der Waals surface area contributed by atoms with Gasteiger partial charge in [-0.2, -0.15) is 0 Å². The highest BCUT2D eigenvalue weighted by Gasteiger charge is 2.50. The lowest BCUT2D eigenvalue weighted by Crippen LogP contribution is -2.44. The molecular weight excluding hydrogens is 424 g/mol. The lowest BCUT2D eigenvalue weighted by atomic mass is 9.92. The van der Waals surface area contributed by atoms with Gasteiger partial charge in [0.2, 0.25) is 5.91 Å². The molecule has 2 saturated carbocycles. The van der Waals surface area contributed by atoms with E-state index in [0.717, 1.165) is 36.6 Å². The molecule has 0 saturated heterocycles. The predicted octanol–water partition coefficient (Wildman–Crippen LogP) is 4.26. The van der Waals surface area contributed by atoms with Crippen molar-refractivity contribution in [1.82, 2.24) is 9.29 Å². The van der Waals surface area contributed by atoms with E-state index in [4.69, 9.17) is 4.74 Å². The van der Waals surface area contributed by atoms with E-state index in [0.29, 0.717) is 29.3 Å². The smallest absolute Gasteiger partial charge is 0.252 e. The predicted molar refractivity (Wildman–Crippen MR) is 124 cm³/mol. The third-order valence-corrected chi connectivity index (χ3v) is 9.70. The standard InChI is InChI=1S/C25H30N2O4S/c1-24(13-14-24)23(28)26-16-19-15-18-7-4-5-9-21(18)27(19)32(29,30)25(2)12-6-8-20(17-10-11-17)22(25)31-3/h4-9,15,17H,10-14,16H2,1-3H3,(H,26,28). The number of methoxy groups -OCH3 is 1. The number of hydrogen-bond donors (Lipinski definition) is 1. The zero-order chi connectivity index (χ0) is 22.7. The number of benzene rings is 1. The Morgan fingerprint density at radius 2 is 1.94 bits per heavy atom. The first-order valence-electron chi connectivity index (χ1n) is 11.3. The van der Waals surface area contributed by atoms with E-state index in [9.17, 15) is 13.2 Å². The minimum absolute atomic E-state index is 0.0213. The first-order valence-corrected chi connectivity index (χ1v) is 12.7. The number of fused-ring (bicyclic) bond motifs is 1. The Kier molecular flexibility index (Phi) is 4.82. The lowest BCUT2D eigenvalue weighted by molar-refractivity contribution is -0.125. The van der Waals surface area contributed by atoms with Crippen molar-refractivity contribution in [3.63, 3.8) is 0 Å². The molecule has 0 aliphatic heterocycles. The van der Waals surface area contributed by atoms with Gasteiger partial charge in [0.1, 0.15) is 10.5 Å². The highest BCUT2D eigenvalue weighted by molar-refractivity contribution is 7.91. The monoisotopic (exact) mass is 454 g/mol. The van der Waals surface area contributed by atoms with Crippen molar-refractivity contribution in [2.75, 3.05) is 7.11 Å². The summed E-state index contributed by atoms with van der Waals surface area (Å²) in [4.78, 5) is 12.6. The molecular formula is C25H30N2O4S. The first kappa shape index (κ1) is 21.3. The maximum absolute atomic E-state index is 14.3. The SMILES string of the molecule is COC1=C(C2CC2)C=CCC1(C)S(=O)(=O)n1c(CNC(=O)C2(C)CC2)cc2ccccc21. The fourth-order valence-corrected chi connectivity index (χ4v) is 6.75. The molecule has 0 radical (unpaired) electrons. The Hall–Kier alpha value is -2.54. The van der Waals surface area contributed by atoms with Crippen molar-refractivity contribution in [1.29, 1.82) is 0 Å². The van der Waals surface area contributed by atoms with Gasteiger partial charge < -0.3 is 10.1 Å². The van der Waals surface area contributed by atoms with Crippen LogP contribution in [0.25, 0.3) is 10.9 Å². The highest BCUT2D eigenvalue weighted by atomic mass is 32.2. The average molecular weight is 455 g/mol. The van der Waals surface area contributed by atoms with Gasteiger partial charge in [0, 0.05) is 10.8 Å². The average Bonchev–Trinajstić information content (AvgIpc) is 3.70. The summed E-state index contributed by atoms with van der Waals surface area (Å²) in [5.74, 6) is 0.892. The van der Waals surface area contributed by atoms with E-state index in [-0.39, 0.29) is 17.9 Å². The fraction of sp³-hybridized carbons (Fsp3) is 0.480. The zero-order valence-electron chi connectivity index (χ0n) is 18.8. The van der Waals surface area contributed by atoms with Gasteiger partial charge in [-0.15, -0.1) is 0 Å². The van der Waals surface area contributed by atoms with E-state index in [1.165, 1.54) is 3.97 Å². The summed E-state index contributed by atoms with van der Waals surface area (Å²) >= 11 is 0. The van der Waals surface area contributed by atoms with Crippen molar-refractivity contribution >= 4 is 26.8 Å². The van der Waals surface area contributed by atoms with Crippen LogP contribution >= 0.6 is 0 Å². The maximum atomic E-state index is 14.3. The highest BCUT2D eigenvalue weighted by Crippen LogP contribution is 2.47. The molecule has 1 heterocycles. The third kappa shape index (κ3) is 3.20. The molecule has 1 atom stereocenters. The number of ether oxygens (including phenoxy) is 1. The van der Waals surface area contributed by atoms with Crippen LogP contribution in [0.3, 0.4) is 0 Å². The van der Waals surface area contributed by atoms with Gasteiger partial charge >= 0.3 is 0 Å². The largest absolute Gasteiger partial charge is 0.499 e. The second-order valence-corrected chi connectivity index (χ2v) is 12.0. The van der Waals surface area contributed by atoms with Crippen LogP contribution in [0.1, 0.15) is 51.6 Å². The van der Waals surface area contributed by atoms with Crippen LogP contribution in [0.2, 0.25) is 0 Å². The summed E-state index contributed by atoms with van der Waals surface area (Å²) in [6.07, 6.45) is 8.18. The molecule has 1 amide bonds. The van der Waals surface area contributed by atoms with Crippen molar-refractivity contribution < 1.29 is 17.9 Å². The number of carbonyl (C=O) groups is 1. The second-order valence-electron chi connectivity index (χ2n) is 9.81. The normalized spacial score (nSPS) is 24.6. The second kappa shape index (κ2) is 7.24. The molecule has 5 rings (SSSR count). The first-order chi connectivity index (χ1) is 15.2. The summed E-state index contributed by atoms with van der Waals surface area (Å²) in [5, 5.41) is 3.80. The van der Waals surface area contributed by atoms with Crippen molar-refractivity contribution in [2.24, 2.45) is 11.3 Å². The van der Waals surface area contributed by atoms with Gasteiger partial charge in [0.25, 0.3) is 10.0 Å². The molecule has 3 aliphatic carbocycles. The molecule has 170 valence electrons. The van der Waals surface area contributed by atoms with Crippen LogP contribution in [-0.4, -0.2) is 30.2 Å². The van der Waals surface area contributed by atoms with E-state index in [2.05, 4.69) is 5.32 Å². The number of para-hydroxylation sites is 1. The minimum atomic E-state index is -3.91. The Balaban J connectivity index is 1.61. The van der Waals surface area contributed by atoms with E-state index in [1.807, 2.05) is 49.4 Å². The fourth-order valence-electron chi connectivity index (χ4n) is 4.75. The summed E-state index contributed by atoms with van der Waals surface area (Å²) < 4.78 is 34.6. The lowest BCUT2D eigenvalue weighted by Gasteiger charge is -2.35. The zero-order valence-corrected chi connectivity index (χ0v) is 19.7. The van der Waals surface area contributed by atoms with Crippen molar-refractivity contribution in [2.45, 2.75) is 57.2 Å². The quantitative estimate of drug-likeness (QED) is 0.678. The molecule has 1 aromatic carbocycles. The molecule has 2 aromatic rings. The van der Waals surface area contributed by atoms with Gasteiger partial charge in [-0.3, -0.25) is 4.79 Å². The van der Waals surface area contributed by atoms with Crippen LogP contribution in [-0.2, 0) is 26.1 Å². The summed E-state index contributed by atoms with van der Waals surface area (Å²) in [5.41, 5.74) is 1.86. The molecule has 0 spiro atoms. The number of nitrogens with one attached hydrogen (secondary N) is 1. The summed E-state index contributed by atoms with van der Waals surface area (Å²) in [7, 11) is -2.35. The molecule has 1 aromatic heterocycles. The number of nitrogens with zero attached hydrogens (tertiary/aromatic N) is 1. The number of aromatic nitrogens is 1. The Labute approximate surface area is 189 Å². The molecule has 7 heteroatoms. The molecule has 1 N–H and O–H groups in total. The molecule has 1 unspecified atom stereocenters. The molecule has 0 bridgehead atoms. The van der Waals surface area contributed by atoms with Crippen LogP contribution in [0.15, 0.2) is 53.8 Å². The van der Waals surface area contributed by atoms with Gasteiger partial charge in [0.05, 0.1) is 24.9 Å². The number of allylic oxidation sites excluding steroid dienone is 3. The van der Waals surface area contributed by atoms with Crippen molar-refractivity contribution in [3.8, 4) is 0 Å². The number of rotatable bonds is 7. The van der Waals surface area contributed by atoms with E-state index >= 15 is 0 Å². The molecule has 6 nitrogen and oxygen atoms in total. The number of carbonyl (C=O) groups excluding carboxylic acids is 1. The Morgan fingerprint density at radius 1 is 1.22 bits per heavy atom. The van der Waals surface area contributed by atoms with Gasteiger partial charge in [-0.25, -0.2) is 12.4 Å². The van der Waals surface area contributed by atoms with Gasteiger partial charge in [-0.1, -0.05) is 37.3 Å². The topological polar surface area (TPSA) is 77.4 Å². The third-order valence-electron chi connectivity index (χ3n) is 7.30. The van der Waals surface area contributed by atoms with Crippen LogP contribution < -0.4 is 5.32 Å². The van der Waals surface area contributed by atoms with Crippen LogP contribution in [0.4, 0.5) is 0 Å². The van der Waals surface area contributed by atoms with Gasteiger partial charge in [-0.05, 0) is 62.7 Å². The molecule has 32 heavy (non-hydrogen) atoms. The van der Waals surface area contributed by atoms with E-state index in [1.54, 1.807) is 14.0 Å². The maximum Gasteiger partial charge on any atom is 0.252 e. The Bertz CT molecular complexity index is 1260. The summed E-state index contributed by atoms with van der Waals surface area (Å²) in [6.45, 7) is 3.87. The summed E-state index contributed by atoms with van der Waals surface area (Å²) in [6, 6.07) is 9.32. The van der Waals surface area contributed by atoms with Crippen molar-refractivity contribution in [3.05, 3.63) is 59.5 Å².